The zero-order valence-electron chi connectivity index (χ0n) is 12.0. The number of aliphatic hydroxyl groups is 1. The van der Waals surface area contributed by atoms with Gasteiger partial charge in [0, 0.05) is 6.42 Å². The Balaban J connectivity index is 4.85. The SMILES string of the molecule is CCOC(=O)C(CC)(CC(O)COC(C)C)C(=O)O. The Kier molecular flexibility index (Phi) is 7.63. The Morgan fingerprint density at radius 2 is 1.84 bits per heavy atom. The Hall–Kier alpha value is -1.14. The van der Waals surface area contributed by atoms with E-state index in [1.165, 1.54) is 0 Å². The van der Waals surface area contributed by atoms with Gasteiger partial charge in [0.2, 0.25) is 0 Å². The maximum atomic E-state index is 11.9. The first-order valence-corrected chi connectivity index (χ1v) is 6.50. The normalized spacial score (nSPS) is 15.9. The van der Waals surface area contributed by atoms with Crippen LogP contribution in [0, 0.1) is 5.41 Å². The molecule has 0 heterocycles. The monoisotopic (exact) mass is 276 g/mol. The number of carboxylic acids is 1. The van der Waals surface area contributed by atoms with Gasteiger partial charge in [-0.3, -0.25) is 9.59 Å². The molecule has 0 aromatic carbocycles. The third-order valence-corrected chi connectivity index (χ3v) is 2.89. The Bertz CT molecular complexity index is 302. The molecule has 0 aromatic rings. The van der Waals surface area contributed by atoms with Crippen LogP contribution in [0.15, 0.2) is 0 Å². The second-order valence-electron chi connectivity index (χ2n) is 4.70. The van der Waals surface area contributed by atoms with Gasteiger partial charge in [-0.25, -0.2) is 0 Å². The van der Waals surface area contributed by atoms with Gasteiger partial charge in [0.15, 0.2) is 5.41 Å². The highest BCUT2D eigenvalue weighted by Gasteiger charge is 2.47. The first-order valence-electron chi connectivity index (χ1n) is 6.50. The third kappa shape index (κ3) is 5.16. The number of ether oxygens (including phenoxy) is 2. The summed E-state index contributed by atoms with van der Waals surface area (Å²) >= 11 is 0. The molecule has 0 fully saturated rings. The van der Waals surface area contributed by atoms with Crippen LogP contribution >= 0.6 is 0 Å². The van der Waals surface area contributed by atoms with Crippen LogP contribution in [0.25, 0.3) is 0 Å². The van der Waals surface area contributed by atoms with Gasteiger partial charge in [0.25, 0.3) is 0 Å². The number of aliphatic hydroxyl groups excluding tert-OH is 1. The van der Waals surface area contributed by atoms with Crippen molar-refractivity contribution in [3.8, 4) is 0 Å². The molecule has 6 heteroatoms. The summed E-state index contributed by atoms with van der Waals surface area (Å²) in [5.41, 5.74) is -1.71. The van der Waals surface area contributed by atoms with E-state index in [4.69, 9.17) is 9.47 Å². The fourth-order valence-electron chi connectivity index (χ4n) is 1.73. The van der Waals surface area contributed by atoms with Crippen molar-refractivity contribution in [2.45, 2.75) is 52.7 Å². The summed E-state index contributed by atoms with van der Waals surface area (Å²) in [7, 11) is 0. The molecule has 0 spiro atoms. The summed E-state index contributed by atoms with van der Waals surface area (Å²) in [6, 6.07) is 0. The summed E-state index contributed by atoms with van der Waals surface area (Å²) in [6.07, 6.45) is -1.26. The maximum Gasteiger partial charge on any atom is 0.323 e. The zero-order valence-corrected chi connectivity index (χ0v) is 12.0. The lowest BCUT2D eigenvalue weighted by Crippen LogP contribution is -2.44. The Morgan fingerprint density at radius 3 is 2.21 bits per heavy atom. The maximum absolute atomic E-state index is 11.9. The molecule has 2 N–H and O–H groups in total. The minimum Gasteiger partial charge on any atom is -0.480 e. The van der Waals surface area contributed by atoms with E-state index in [-0.39, 0.29) is 32.2 Å². The van der Waals surface area contributed by atoms with E-state index < -0.39 is 23.5 Å². The number of rotatable bonds is 9. The highest BCUT2D eigenvalue weighted by atomic mass is 16.5. The summed E-state index contributed by atoms with van der Waals surface area (Å²) < 4.78 is 10.0. The van der Waals surface area contributed by atoms with Crippen LogP contribution in [0.4, 0.5) is 0 Å². The molecule has 19 heavy (non-hydrogen) atoms. The molecule has 112 valence electrons. The highest BCUT2D eigenvalue weighted by molar-refractivity contribution is 5.99. The van der Waals surface area contributed by atoms with Crippen LogP contribution in [0.2, 0.25) is 0 Å². The van der Waals surface area contributed by atoms with Gasteiger partial charge in [-0.05, 0) is 27.2 Å². The van der Waals surface area contributed by atoms with Crippen molar-refractivity contribution in [1.29, 1.82) is 0 Å². The average Bonchev–Trinajstić information content (AvgIpc) is 2.33. The topological polar surface area (TPSA) is 93.1 Å². The molecule has 0 aromatic heterocycles. The number of hydrogen-bond donors (Lipinski definition) is 2. The zero-order chi connectivity index (χ0) is 15.1. The van der Waals surface area contributed by atoms with Crippen molar-refractivity contribution in [2.24, 2.45) is 5.41 Å². The molecular weight excluding hydrogens is 252 g/mol. The van der Waals surface area contributed by atoms with Gasteiger partial charge in [-0.2, -0.15) is 0 Å². The van der Waals surface area contributed by atoms with Gasteiger partial charge >= 0.3 is 11.9 Å². The van der Waals surface area contributed by atoms with E-state index in [1.54, 1.807) is 13.8 Å². The number of carbonyl (C=O) groups is 2. The van der Waals surface area contributed by atoms with Crippen molar-refractivity contribution in [2.75, 3.05) is 13.2 Å². The van der Waals surface area contributed by atoms with Crippen molar-refractivity contribution in [1.82, 2.24) is 0 Å². The first kappa shape index (κ1) is 17.9. The Morgan fingerprint density at radius 1 is 1.26 bits per heavy atom. The summed E-state index contributed by atoms with van der Waals surface area (Å²) in [4.78, 5) is 23.2. The van der Waals surface area contributed by atoms with Crippen LogP contribution in [0.5, 0.6) is 0 Å². The molecule has 0 bridgehead atoms. The largest absolute Gasteiger partial charge is 0.480 e. The minimum absolute atomic E-state index is 0.00784. The van der Waals surface area contributed by atoms with E-state index >= 15 is 0 Å². The van der Waals surface area contributed by atoms with Crippen molar-refractivity contribution < 1.29 is 29.3 Å². The smallest absolute Gasteiger partial charge is 0.323 e. The quantitative estimate of drug-likeness (QED) is 0.485. The van der Waals surface area contributed by atoms with Crippen LogP contribution in [-0.4, -0.2) is 47.6 Å². The van der Waals surface area contributed by atoms with E-state index in [0.29, 0.717) is 0 Å². The second-order valence-corrected chi connectivity index (χ2v) is 4.70. The lowest BCUT2D eigenvalue weighted by atomic mass is 9.80. The molecule has 0 amide bonds. The molecule has 6 nitrogen and oxygen atoms in total. The van der Waals surface area contributed by atoms with Crippen molar-refractivity contribution >= 4 is 11.9 Å². The molecule has 2 atom stereocenters. The fourth-order valence-corrected chi connectivity index (χ4v) is 1.73. The first-order chi connectivity index (χ1) is 8.80. The fraction of sp³-hybridized carbons (Fsp3) is 0.846. The number of carbonyl (C=O) groups excluding carboxylic acids is 1. The molecule has 0 rings (SSSR count). The van der Waals surface area contributed by atoms with Crippen LogP contribution in [-0.2, 0) is 19.1 Å². The van der Waals surface area contributed by atoms with E-state index in [9.17, 15) is 19.8 Å². The van der Waals surface area contributed by atoms with Crippen molar-refractivity contribution in [3.63, 3.8) is 0 Å². The molecule has 2 unspecified atom stereocenters. The van der Waals surface area contributed by atoms with Crippen LogP contribution in [0.3, 0.4) is 0 Å². The van der Waals surface area contributed by atoms with E-state index in [1.807, 2.05) is 13.8 Å². The predicted octanol–water partition coefficient (Wildman–Crippen LogP) is 1.21. The van der Waals surface area contributed by atoms with Crippen LogP contribution < -0.4 is 0 Å². The molecule has 0 aliphatic carbocycles. The average molecular weight is 276 g/mol. The van der Waals surface area contributed by atoms with E-state index in [2.05, 4.69) is 0 Å². The van der Waals surface area contributed by atoms with Gasteiger partial charge in [-0.15, -0.1) is 0 Å². The minimum atomic E-state index is -1.71. The number of esters is 1. The highest BCUT2D eigenvalue weighted by Crippen LogP contribution is 2.30. The van der Waals surface area contributed by atoms with E-state index in [0.717, 1.165) is 0 Å². The predicted molar refractivity (Wildman–Crippen MR) is 68.7 cm³/mol. The Labute approximate surface area is 113 Å². The summed E-state index contributed by atoms with van der Waals surface area (Å²) in [5.74, 6) is -2.09. The van der Waals surface area contributed by atoms with Crippen LogP contribution in [0.1, 0.15) is 40.5 Å². The molecular formula is C13H24O6. The molecule has 0 aliphatic rings. The van der Waals surface area contributed by atoms with Gasteiger partial charge in [0.1, 0.15) is 0 Å². The molecule has 0 aliphatic heterocycles. The molecule has 0 saturated carbocycles. The van der Waals surface area contributed by atoms with Crippen molar-refractivity contribution in [3.05, 3.63) is 0 Å². The number of hydrogen-bond acceptors (Lipinski definition) is 5. The third-order valence-electron chi connectivity index (χ3n) is 2.89. The van der Waals surface area contributed by atoms with Gasteiger partial charge < -0.3 is 19.7 Å². The van der Waals surface area contributed by atoms with Gasteiger partial charge in [-0.1, -0.05) is 6.92 Å². The molecule has 0 saturated heterocycles. The lowest BCUT2D eigenvalue weighted by Gasteiger charge is -2.28. The summed E-state index contributed by atoms with van der Waals surface area (Å²) in [6.45, 7) is 6.91. The summed E-state index contributed by atoms with van der Waals surface area (Å²) in [5, 5.41) is 19.1. The molecule has 0 radical (unpaired) electrons. The lowest BCUT2D eigenvalue weighted by molar-refractivity contribution is -0.172. The number of carboxylic acid groups (broad SMARTS) is 1. The number of aliphatic carboxylic acids is 1. The van der Waals surface area contributed by atoms with Gasteiger partial charge in [0.05, 0.1) is 25.4 Å². The second kappa shape index (κ2) is 8.12. The standard InChI is InChI=1S/C13H24O6/c1-5-13(11(15)16,12(17)18-6-2)7-10(14)8-19-9(3)4/h9-10,14H,5-8H2,1-4H3,(H,15,16).